The molecule has 0 saturated carbocycles. The summed E-state index contributed by atoms with van der Waals surface area (Å²) < 4.78 is 0. The van der Waals surface area contributed by atoms with Crippen molar-refractivity contribution in [2.45, 2.75) is 34.1 Å². The summed E-state index contributed by atoms with van der Waals surface area (Å²) in [5.41, 5.74) is 1.34. The molecule has 0 aliphatic rings. The number of carbonyl (C=O) groups is 1. The van der Waals surface area contributed by atoms with Crippen LogP contribution in [0.25, 0.3) is 0 Å². The molecule has 19 heavy (non-hydrogen) atoms. The lowest BCUT2D eigenvalue weighted by Crippen LogP contribution is -2.38. The van der Waals surface area contributed by atoms with Gasteiger partial charge in [-0.15, -0.1) is 0 Å². The Morgan fingerprint density at radius 2 is 2.16 bits per heavy atom. The fraction of sp³-hybridized carbons (Fsp3) is 0.533. The maximum atomic E-state index is 12.5. The van der Waals surface area contributed by atoms with Gasteiger partial charge in [-0.1, -0.05) is 20.8 Å². The van der Waals surface area contributed by atoms with Crippen molar-refractivity contribution in [3.05, 3.63) is 29.6 Å². The highest BCUT2D eigenvalue weighted by atomic mass is 16.2. The Labute approximate surface area is 115 Å². The second-order valence-corrected chi connectivity index (χ2v) is 5.83. The summed E-state index contributed by atoms with van der Waals surface area (Å²) in [7, 11) is 0. The third-order valence-electron chi connectivity index (χ3n) is 2.68. The van der Waals surface area contributed by atoms with Gasteiger partial charge in [0.15, 0.2) is 0 Å². The van der Waals surface area contributed by atoms with Crippen LogP contribution < -0.4 is 0 Å². The molecule has 102 valence electrons. The van der Waals surface area contributed by atoms with Gasteiger partial charge in [-0.3, -0.25) is 9.78 Å². The van der Waals surface area contributed by atoms with Crippen molar-refractivity contribution >= 4 is 5.91 Å². The first-order valence-corrected chi connectivity index (χ1v) is 6.43. The van der Waals surface area contributed by atoms with Gasteiger partial charge in [0, 0.05) is 25.0 Å². The smallest absolute Gasteiger partial charge is 0.255 e. The molecule has 0 bridgehead atoms. The molecule has 1 amide bonds. The van der Waals surface area contributed by atoms with Crippen LogP contribution in [-0.4, -0.2) is 28.9 Å². The molecule has 0 unspecified atom stereocenters. The van der Waals surface area contributed by atoms with Crippen molar-refractivity contribution in [2.24, 2.45) is 5.41 Å². The summed E-state index contributed by atoms with van der Waals surface area (Å²) in [6, 6.07) is 5.64. The molecule has 0 aromatic carbocycles. The van der Waals surface area contributed by atoms with Crippen LogP contribution >= 0.6 is 0 Å². The summed E-state index contributed by atoms with van der Waals surface area (Å²) in [5.74, 6) is -0.0456. The van der Waals surface area contributed by atoms with Crippen LogP contribution in [-0.2, 0) is 0 Å². The van der Waals surface area contributed by atoms with E-state index < -0.39 is 0 Å². The fourth-order valence-electron chi connectivity index (χ4n) is 1.89. The molecule has 0 fully saturated rings. The molecule has 1 aromatic rings. The molecule has 0 saturated heterocycles. The van der Waals surface area contributed by atoms with E-state index in [4.69, 9.17) is 5.26 Å². The molecule has 0 atom stereocenters. The average molecular weight is 259 g/mol. The van der Waals surface area contributed by atoms with Crippen molar-refractivity contribution in [3.63, 3.8) is 0 Å². The topological polar surface area (TPSA) is 57.0 Å². The Kier molecular flexibility index (Phi) is 5.05. The fourth-order valence-corrected chi connectivity index (χ4v) is 1.89. The lowest BCUT2D eigenvalue weighted by Gasteiger charge is -2.29. The van der Waals surface area contributed by atoms with Gasteiger partial charge in [0.1, 0.15) is 0 Å². The van der Waals surface area contributed by atoms with E-state index >= 15 is 0 Å². The van der Waals surface area contributed by atoms with Crippen LogP contribution in [0, 0.1) is 23.7 Å². The zero-order chi connectivity index (χ0) is 14.5. The molecular weight excluding hydrogens is 238 g/mol. The third kappa shape index (κ3) is 4.70. The van der Waals surface area contributed by atoms with E-state index in [1.54, 1.807) is 23.2 Å². The number of aryl methyl sites for hydroxylation is 1. The second-order valence-electron chi connectivity index (χ2n) is 5.83. The minimum atomic E-state index is -0.0456. The molecule has 1 heterocycles. The quantitative estimate of drug-likeness (QED) is 0.835. The Bertz CT molecular complexity index is 483. The van der Waals surface area contributed by atoms with E-state index in [1.807, 2.05) is 6.92 Å². The van der Waals surface area contributed by atoms with Gasteiger partial charge in [-0.2, -0.15) is 5.26 Å². The highest BCUT2D eigenvalue weighted by molar-refractivity contribution is 5.95. The lowest BCUT2D eigenvalue weighted by atomic mass is 9.95. The number of nitriles is 1. The zero-order valence-corrected chi connectivity index (χ0v) is 12.1. The van der Waals surface area contributed by atoms with Gasteiger partial charge in [0.2, 0.25) is 0 Å². The van der Waals surface area contributed by atoms with Crippen LogP contribution in [0.3, 0.4) is 0 Å². The predicted molar refractivity (Wildman–Crippen MR) is 74.6 cm³/mol. The highest BCUT2D eigenvalue weighted by Crippen LogP contribution is 2.18. The van der Waals surface area contributed by atoms with E-state index in [0.29, 0.717) is 25.1 Å². The second kappa shape index (κ2) is 6.33. The number of amides is 1. The summed E-state index contributed by atoms with van der Waals surface area (Å²) in [6.07, 6.45) is 2.02. The molecule has 1 rings (SSSR count). The SMILES string of the molecule is Cc1ncccc1C(=O)N(CCC#N)CC(C)(C)C. The first kappa shape index (κ1) is 15.2. The lowest BCUT2D eigenvalue weighted by molar-refractivity contribution is 0.0698. The van der Waals surface area contributed by atoms with Crippen molar-refractivity contribution in [1.29, 1.82) is 5.26 Å². The third-order valence-corrected chi connectivity index (χ3v) is 2.68. The van der Waals surface area contributed by atoms with Crippen LogP contribution in [0.1, 0.15) is 43.2 Å². The Hall–Kier alpha value is -1.89. The van der Waals surface area contributed by atoms with Gasteiger partial charge < -0.3 is 4.90 Å². The molecule has 4 nitrogen and oxygen atoms in total. The molecule has 0 aliphatic carbocycles. The van der Waals surface area contributed by atoms with E-state index in [1.165, 1.54) is 0 Å². The summed E-state index contributed by atoms with van der Waals surface area (Å²) >= 11 is 0. The molecule has 0 radical (unpaired) electrons. The number of aromatic nitrogens is 1. The van der Waals surface area contributed by atoms with Crippen molar-refractivity contribution in [2.75, 3.05) is 13.1 Å². The highest BCUT2D eigenvalue weighted by Gasteiger charge is 2.22. The molecule has 0 aliphatic heterocycles. The number of hydrogen-bond donors (Lipinski definition) is 0. The maximum Gasteiger partial charge on any atom is 0.255 e. The number of hydrogen-bond acceptors (Lipinski definition) is 3. The number of rotatable bonds is 4. The Balaban J connectivity index is 2.95. The summed E-state index contributed by atoms with van der Waals surface area (Å²) in [5, 5.41) is 8.72. The minimum absolute atomic E-state index is 0.00122. The largest absolute Gasteiger partial charge is 0.337 e. The Morgan fingerprint density at radius 3 is 2.68 bits per heavy atom. The monoisotopic (exact) mass is 259 g/mol. The normalized spacial score (nSPS) is 10.9. The van der Waals surface area contributed by atoms with E-state index in [2.05, 4.69) is 31.8 Å². The van der Waals surface area contributed by atoms with Gasteiger partial charge in [0.25, 0.3) is 5.91 Å². The van der Waals surface area contributed by atoms with Crippen molar-refractivity contribution in [3.8, 4) is 6.07 Å². The van der Waals surface area contributed by atoms with Gasteiger partial charge in [0.05, 0.1) is 18.1 Å². The van der Waals surface area contributed by atoms with Crippen LogP contribution in [0.2, 0.25) is 0 Å². The maximum absolute atomic E-state index is 12.5. The van der Waals surface area contributed by atoms with Gasteiger partial charge in [-0.05, 0) is 24.5 Å². The molecular formula is C15H21N3O. The first-order chi connectivity index (χ1) is 8.85. The molecule has 0 spiro atoms. The van der Waals surface area contributed by atoms with E-state index in [0.717, 1.165) is 5.69 Å². The van der Waals surface area contributed by atoms with Gasteiger partial charge >= 0.3 is 0 Å². The average Bonchev–Trinajstić information content (AvgIpc) is 2.33. The van der Waals surface area contributed by atoms with E-state index in [-0.39, 0.29) is 11.3 Å². The zero-order valence-electron chi connectivity index (χ0n) is 12.1. The molecule has 0 N–H and O–H groups in total. The molecule has 4 heteroatoms. The Morgan fingerprint density at radius 1 is 1.47 bits per heavy atom. The van der Waals surface area contributed by atoms with Crippen LogP contribution in [0.15, 0.2) is 18.3 Å². The summed E-state index contributed by atoms with van der Waals surface area (Å²) in [4.78, 5) is 18.4. The van der Waals surface area contributed by atoms with Crippen LogP contribution in [0.5, 0.6) is 0 Å². The standard InChI is InChI=1S/C15H21N3O/c1-12-13(7-5-9-17-12)14(19)18(10-6-8-16)11-15(2,3)4/h5,7,9H,6,10-11H2,1-4H3. The van der Waals surface area contributed by atoms with Crippen LogP contribution in [0.4, 0.5) is 0 Å². The first-order valence-electron chi connectivity index (χ1n) is 6.43. The number of carbonyl (C=O) groups excluding carboxylic acids is 1. The summed E-state index contributed by atoms with van der Waals surface area (Å²) in [6.45, 7) is 9.15. The van der Waals surface area contributed by atoms with Gasteiger partial charge in [-0.25, -0.2) is 0 Å². The van der Waals surface area contributed by atoms with Crippen molar-refractivity contribution < 1.29 is 4.79 Å². The predicted octanol–water partition coefficient (Wildman–Crippen LogP) is 2.79. The minimum Gasteiger partial charge on any atom is -0.337 e. The van der Waals surface area contributed by atoms with E-state index in [9.17, 15) is 4.79 Å². The van der Waals surface area contributed by atoms with Crippen molar-refractivity contribution in [1.82, 2.24) is 9.88 Å². The number of nitrogens with zero attached hydrogens (tertiary/aromatic N) is 3. The number of pyridine rings is 1. The molecule has 1 aromatic heterocycles.